The third kappa shape index (κ3) is 6.78. The van der Waals surface area contributed by atoms with Gasteiger partial charge in [0.15, 0.2) is 5.84 Å². The van der Waals surface area contributed by atoms with Crippen LogP contribution in [0.3, 0.4) is 0 Å². The van der Waals surface area contributed by atoms with Gasteiger partial charge in [0.05, 0.1) is 19.6 Å². The average molecular weight is 311 g/mol. The molecule has 0 radical (unpaired) electrons. The molecule has 0 amide bonds. The smallest absolute Gasteiger partial charge is 0.198 e. The quantitative estimate of drug-likeness (QED) is 0.354. The highest BCUT2D eigenvalue weighted by Crippen LogP contribution is 2.19. The molecule has 1 aliphatic rings. The van der Waals surface area contributed by atoms with Crippen LogP contribution in [0.25, 0.3) is 0 Å². The van der Waals surface area contributed by atoms with Crippen molar-refractivity contribution in [3.63, 3.8) is 0 Å². The third-order valence-electron chi connectivity index (χ3n) is 5.25. The molecular weight excluding hydrogens is 272 g/mol. The number of hydrogen-bond acceptors (Lipinski definition) is 2. The lowest BCUT2D eigenvalue weighted by Crippen LogP contribution is -2.53. The Kier molecular flexibility index (Phi) is 10.8. The Hall–Kier alpha value is -0.410. The van der Waals surface area contributed by atoms with Crippen LogP contribution in [0.5, 0.6) is 0 Å². The lowest BCUT2D eigenvalue weighted by molar-refractivity contribution is -0.840. The van der Waals surface area contributed by atoms with Crippen molar-refractivity contribution in [2.45, 2.75) is 84.5 Å². The van der Waals surface area contributed by atoms with Crippen molar-refractivity contribution in [3.8, 4) is 0 Å². The van der Waals surface area contributed by atoms with E-state index in [2.05, 4.69) is 13.8 Å². The van der Waals surface area contributed by atoms with Crippen LogP contribution < -0.4 is 5.11 Å². The largest absolute Gasteiger partial charge is 0.850 e. The number of quaternary nitrogens is 1. The van der Waals surface area contributed by atoms with Crippen LogP contribution >= 0.6 is 0 Å². The van der Waals surface area contributed by atoms with Gasteiger partial charge < -0.3 is 5.11 Å². The van der Waals surface area contributed by atoms with Crippen molar-refractivity contribution in [2.75, 3.05) is 32.8 Å². The molecule has 0 saturated carbocycles. The van der Waals surface area contributed by atoms with E-state index in [-0.39, 0.29) is 6.61 Å². The summed E-state index contributed by atoms with van der Waals surface area (Å²) in [4.78, 5) is 4.70. The summed E-state index contributed by atoms with van der Waals surface area (Å²) in [7, 11) is 0. The van der Waals surface area contributed by atoms with Gasteiger partial charge in [-0.1, -0.05) is 71.3 Å². The maximum Gasteiger partial charge on any atom is 0.198 e. The predicted octanol–water partition coefficient (Wildman–Crippen LogP) is 3.91. The van der Waals surface area contributed by atoms with Crippen molar-refractivity contribution in [2.24, 2.45) is 4.99 Å². The second kappa shape index (κ2) is 12.1. The molecule has 1 atom stereocenters. The minimum atomic E-state index is 0.0326. The summed E-state index contributed by atoms with van der Waals surface area (Å²) >= 11 is 0. The molecule has 0 aromatic rings. The number of amidine groups is 1. The van der Waals surface area contributed by atoms with Crippen LogP contribution in [-0.2, 0) is 0 Å². The number of nitrogens with zero attached hydrogens (tertiary/aromatic N) is 2. The summed E-state index contributed by atoms with van der Waals surface area (Å²) in [5, 5.41) is 11.1. The topological polar surface area (TPSA) is 35.4 Å². The molecule has 0 bridgehead atoms. The molecule has 1 aliphatic heterocycles. The standard InChI is InChI=1S/C19H38N2O/c1-3-5-6-7-8-9-10-11-12-13-14-19-20-15-16-21(19,4-2)17-18-22/h3-18H2,1-2H3. The van der Waals surface area contributed by atoms with E-state index in [9.17, 15) is 5.11 Å². The summed E-state index contributed by atoms with van der Waals surface area (Å²) in [6.07, 6.45) is 14.9. The fourth-order valence-corrected chi connectivity index (χ4v) is 3.65. The Balaban J connectivity index is 2.04. The first kappa shape index (κ1) is 19.6. The van der Waals surface area contributed by atoms with Crippen LogP contribution in [-0.4, -0.2) is 43.1 Å². The maximum absolute atomic E-state index is 11.1. The molecule has 0 aromatic carbocycles. The zero-order chi connectivity index (χ0) is 16.1. The Bertz CT molecular complexity index is 304. The van der Waals surface area contributed by atoms with Gasteiger partial charge in [-0.3, -0.25) is 4.48 Å². The van der Waals surface area contributed by atoms with Gasteiger partial charge in [0, 0.05) is 6.42 Å². The molecule has 1 unspecified atom stereocenters. The molecule has 3 heteroatoms. The normalized spacial score (nSPS) is 21.3. The van der Waals surface area contributed by atoms with Crippen molar-refractivity contribution in [3.05, 3.63) is 0 Å². The number of hydrogen-bond donors (Lipinski definition) is 0. The van der Waals surface area contributed by atoms with Gasteiger partial charge in [-0.25, -0.2) is 4.99 Å². The van der Waals surface area contributed by atoms with Gasteiger partial charge in [0.2, 0.25) is 0 Å². The van der Waals surface area contributed by atoms with E-state index in [1.807, 2.05) is 0 Å². The molecular formula is C19H38N2O. The number of rotatable bonds is 14. The summed E-state index contributed by atoms with van der Waals surface area (Å²) in [5.74, 6) is 1.32. The Morgan fingerprint density at radius 1 is 0.909 bits per heavy atom. The van der Waals surface area contributed by atoms with E-state index in [1.165, 1.54) is 70.0 Å². The molecule has 0 aromatic heterocycles. The van der Waals surface area contributed by atoms with Gasteiger partial charge in [0.25, 0.3) is 0 Å². The highest BCUT2D eigenvalue weighted by molar-refractivity contribution is 5.76. The van der Waals surface area contributed by atoms with Crippen molar-refractivity contribution in [1.82, 2.24) is 0 Å². The maximum atomic E-state index is 11.1. The van der Waals surface area contributed by atoms with E-state index in [0.717, 1.165) is 37.1 Å². The summed E-state index contributed by atoms with van der Waals surface area (Å²) in [6, 6.07) is 0. The van der Waals surface area contributed by atoms with Crippen molar-refractivity contribution < 1.29 is 9.59 Å². The van der Waals surface area contributed by atoms with Crippen LogP contribution in [0.4, 0.5) is 0 Å². The lowest BCUT2D eigenvalue weighted by Gasteiger charge is -2.35. The molecule has 1 heterocycles. The summed E-state index contributed by atoms with van der Waals surface area (Å²) in [6.45, 7) is 8.29. The van der Waals surface area contributed by atoms with Crippen LogP contribution in [0.1, 0.15) is 84.5 Å². The SMILES string of the molecule is CCCCCCCCCCCCC1=NCC[N+]1(CC)CC[O-]. The molecule has 1 rings (SSSR count). The van der Waals surface area contributed by atoms with E-state index >= 15 is 0 Å². The fraction of sp³-hybridized carbons (Fsp3) is 0.947. The first-order chi connectivity index (χ1) is 10.8. The molecule has 0 aliphatic carbocycles. The second-order valence-corrected chi connectivity index (χ2v) is 6.84. The van der Waals surface area contributed by atoms with Crippen LogP contribution in [0.15, 0.2) is 4.99 Å². The van der Waals surface area contributed by atoms with Crippen LogP contribution in [0, 0.1) is 0 Å². The summed E-state index contributed by atoms with van der Waals surface area (Å²) in [5.41, 5.74) is 0. The molecule has 0 fully saturated rings. The van der Waals surface area contributed by atoms with Gasteiger partial charge >= 0.3 is 0 Å². The van der Waals surface area contributed by atoms with Crippen molar-refractivity contribution >= 4 is 5.84 Å². The monoisotopic (exact) mass is 310 g/mol. The first-order valence-corrected chi connectivity index (χ1v) is 9.77. The predicted molar refractivity (Wildman–Crippen MR) is 94.2 cm³/mol. The zero-order valence-corrected chi connectivity index (χ0v) is 15.1. The molecule has 0 N–H and O–H groups in total. The second-order valence-electron chi connectivity index (χ2n) is 6.84. The lowest BCUT2D eigenvalue weighted by atomic mass is 10.1. The zero-order valence-electron chi connectivity index (χ0n) is 15.1. The molecule has 130 valence electrons. The Labute approximate surface area is 138 Å². The Morgan fingerprint density at radius 2 is 1.50 bits per heavy atom. The van der Waals surface area contributed by atoms with Gasteiger partial charge in [-0.15, -0.1) is 0 Å². The van der Waals surface area contributed by atoms with Gasteiger partial charge in [-0.05, 0) is 13.3 Å². The summed E-state index contributed by atoms with van der Waals surface area (Å²) < 4.78 is 0.890. The minimum absolute atomic E-state index is 0.0326. The molecule has 0 spiro atoms. The third-order valence-corrected chi connectivity index (χ3v) is 5.25. The van der Waals surface area contributed by atoms with Crippen molar-refractivity contribution in [1.29, 1.82) is 0 Å². The van der Waals surface area contributed by atoms with E-state index in [1.54, 1.807) is 0 Å². The molecule has 0 saturated heterocycles. The van der Waals surface area contributed by atoms with Gasteiger partial charge in [-0.2, -0.15) is 0 Å². The first-order valence-electron chi connectivity index (χ1n) is 9.77. The molecule has 3 nitrogen and oxygen atoms in total. The Morgan fingerprint density at radius 3 is 2.05 bits per heavy atom. The van der Waals surface area contributed by atoms with E-state index < -0.39 is 0 Å². The number of aliphatic imine (C=N–C) groups is 1. The highest BCUT2D eigenvalue weighted by atomic mass is 16.3. The van der Waals surface area contributed by atoms with Gasteiger partial charge in [0.1, 0.15) is 6.54 Å². The average Bonchev–Trinajstić information content (AvgIpc) is 2.93. The molecule has 22 heavy (non-hydrogen) atoms. The van der Waals surface area contributed by atoms with Crippen LogP contribution in [0.2, 0.25) is 0 Å². The number of likely N-dealkylation sites (N-methyl/N-ethyl adjacent to an activating group) is 1. The van der Waals surface area contributed by atoms with E-state index in [0.29, 0.717) is 0 Å². The fourth-order valence-electron chi connectivity index (χ4n) is 3.65. The minimum Gasteiger partial charge on any atom is -0.850 e. The number of unbranched alkanes of at least 4 members (excludes halogenated alkanes) is 9. The van der Waals surface area contributed by atoms with E-state index in [4.69, 9.17) is 4.99 Å². The highest BCUT2D eigenvalue weighted by Gasteiger charge is 2.34.